The molecule has 1 aromatic carbocycles. The summed E-state index contributed by atoms with van der Waals surface area (Å²) in [6.45, 7) is 5.66. The molecule has 1 radical (unpaired) electrons. The van der Waals surface area contributed by atoms with Crippen molar-refractivity contribution in [1.82, 2.24) is 0 Å². The molecule has 0 aliphatic rings. The Balaban J connectivity index is 2.94. The molecule has 16 heavy (non-hydrogen) atoms. The molecule has 0 aliphatic carbocycles. The maximum Gasteiger partial charge on any atom is 0.573 e. The SMILES string of the molecule is [CH2]c1cccc(OCCC)c1OC(F)(F)F. The largest absolute Gasteiger partial charge is 0.573 e. The second-order valence-corrected chi connectivity index (χ2v) is 3.14. The number of alkyl halides is 3. The van der Waals surface area contributed by atoms with Crippen LogP contribution < -0.4 is 9.47 Å². The smallest absolute Gasteiger partial charge is 0.490 e. The van der Waals surface area contributed by atoms with Gasteiger partial charge < -0.3 is 9.47 Å². The van der Waals surface area contributed by atoms with Gasteiger partial charge in [-0.25, -0.2) is 0 Å². The van der Waals surface area contributed by atoms with E-state index in [4.69, 9.17) is 4.74 Å². The summed E-state index contributed by atoms with van der Waals surface area (Å²) in [5.74, 6) is -0.310. The highest BCUT2D eigenvalue weighted by molar-refractivity contribution is 5.48. The standard InChI is InChI=1S/C11H12F3O2/c1-3-7-15-9-6-4-5-8(2)10(9)16-11(12,13)14/h4-6H,2-3,7H2,1H3. The Morgan fingerprint density at radius 1 is 1.31 bits per heavy atom. The molecule has 0 amide bonds. The van der Waals surface area contributed by atoms with Gasteiger partial charge >= 0.3 is 6.36 Å². The Hall–Kier alpha value is -1.39. The quantitative estimate of drug-likeness (QED) is 0.791. The van der Waals surface area contributed by atoms with Crippen LogP contribution in [0.2, 0.25) is 0 Å². The Kier molecular flexibility index (Phi) is 4.04. The third-order valence-electron chi connectivity index (χ3n) is 1.74. The molecule has 1 aromatic rings. The van der Waals surface area contributed by atoms with Crippen LogP contribution in [0.15, 0.2) is 18.2 Å². The minimum atomic E-state index is -4.74. The second-order valence-electron chi connectivity index (χ2n) is 3.14. The second kappa shape index (κ2) is 5.09. The van der Waals surface area contributed by atoms with Crippen LogP contribution in [-0.2, 0) is 0 Å². The summed E-state index contributed by atoms with van der Waals surface area (Å²) in [4.78, 5) is 0. The molecule has 0 aliphatic heterocycles. The van der Waals surface area contributed by atoms with Crippen LogP contribution in [0.25, 0.3) is 0 Å². The van der Waals surface area contributed by atoms with E-state index in [0.29, 0.717) is 13.0 Å². The molecule has 0 saturated carbocycles. The summed E-state index contributed by atoms with van der Waals surface area (Å²) < 4.78 is 45.4. The van der Waals surface area contributed by atoms with E-state index in [1.54, 1.807) is 6.07 Å². The van der Waals surface area contributed by atoms with Crippen molar-refractivity contribution in [3.05, 3.63) is 30.7 Å². The molecule has 0 unspecified atom stereocenters. The number of benzene rings is 1. The fourth-order valence-electron chi connectivity index (χ4n) is 1.12. The third kappa shape index (κ3) is 3.64. The van der Waals surface area contributed by atoms with Gasteiger partial charge in [0.25, 0.3) is 0 Å². The summed E-state index contributed by atoms with van der Waals surface area (Å²) in [6, 6.07) is 4.42. The van der Waals surface area contributed by atoms with E-state index >= 15 is 0 Å². The van der Waals surface area contributed by atoms with Crippen molar-refractivity contribution < 1.29 is 22.6 Å². The van der Waals surface area contributed by atoms with Crippen LogP contribution in [0.4, 0.5) is 13.2 Å². The van der Waals surface area contributed by atoms with Crippen LogP contribution in [-0.4, -0.2) is 13.0 Å². The summed E-state index contributed by atoms with van der Waals surface area (Å²) in [5.41, 5.74) is 0.144. The molecule has 0 atom stereocenters. The lowest BCUT2D eigenvalue weighted by molar-refractivity contribution is -0.275. The number of hydrogen-bond donors (Lipinski definition) is 0. The molecular formula is C11H12F3O2. The van der Waals surface area contributed by atoms with Crippen molar-refractivity contribution >= 4 is 0 Å². The first kappa shape index (κ1) is 12.7. The molecule has 0 bridgehead atoms. The Morgan fingerprint density at radius 3 is 2.56 bits per heavy atom. The predicted octanol–water partition coefficient (Wildman–Crippen LogP) is 3.56. The van der Waals surface area contributed by atoms with Gasteiger partial charge in [-0.1, -0.05) is 19.1 Å². The van der Waals surface area contributed by atoms with Crippen LogP contribution in [0.1, 0.15) is 18.9 Å². The number of rotatable bonds is 4. The molecule has 1 rings (SSSR count). The average molecular weight is 233 g/mol. The van der Waals surface area contributed by atoms with Gasteiger partial charge in [0.2, 0.25) is 0 Å². The fraction of sp³-hybridized carbons (Fsp3) is 0.364. The first-order valence-corrected chi connectivity index (χ1v) is 4.77. The van der Waals surface area contributed by atoms with E-state index in [-0.39, 0.29) is 17.1 Å². The summed E-state index contributed by atoms with van der Waals surface area (Å²) >= 11 is 0. The highest BCUT2D eigenvalue weighted by Gasteiger charge is 2.33. The monoisotopic (exact) mass is 233 g/mol. The molecule has 0 heterocycles. The highest BCUT2D eigenvalue weighted by atomic mass is 19.4. The van der Waals surface area contributed by atoms with Crippen molar-refractivity contribution in [2.45, 2.75) is 19.7 Å². The fourth-order valence-corrected chi connectivity index (χ4v) is 1.12. The molecule has 0 N–H and O–H groups in total. The van der Waals surface area contributed by atoms with Gasteiger partial charge in [-0.2, -0.15) is 0 Å². The number of hydrogen-bond acceptors (Lipinski definition) is 2. The Morgan fingerprint density at radius 2 is 2.00 bits per heavy atom. The van der Waals surface area contributed by atoms with Crippen molar-refractivity contribution in [2.24, 2.45) is 0 Å². The van der Waals surface area contributed by atoms with E-state index in [0.717, 1.165) is 0 Å². The molecule has 0 aromatic heterocycles. The minimum Gasteiger partial charge on any atom is -0.490 e. The molecule has 2 nitrogen and oxygen atoms in total. The molecule has 89 valence electrons. The first-order valence-electron chi connectivity index (χ1n) is 4.77. The lowest BCUT2D eigenvalue weighted by Crippen LogP contribution is -2.18. The van der Waals surface area contributed by atoms with Crippen LogP contribution in [0, 0.1) is 6.92 Å². The number of halogens is 3. The predicted molar refractivity (Wildman–Crippen MR) is 53.4 cm³/mol. The van der Waals surface area contributed by atoms with Crippen molar-refractivity contribution in [3.63, 3.8) is 0 Å². The molecular weight excluding hydrogens is 221 g/mol. The van der Waals surface area contributed by atoms with Crippen LogP contribution in [0.3, 0.4) is 0 Å². The van der Waals surface area contributed by atoms with E-state index in [9.17, 15) is 13.2 Å². The van der Waals surface area contributed by atoms with Gasteiger partial charge in [0.05, 0.1) is 6.61 Å². The normalized spacial score (nSPS) is 11.3. The zero-order valence-corrected chi connectivity index (χ0v) is 8.80. The Bertz CT molecular complexity index is 348. The van der Waals surface area contributed by atoms with Gasteiger partial charge in [-0.15, -0.1) is 13.2 Å². The third-order valence-corrected chi connectivity index (χ3v) is 1.74. The zero-order chi connectivity index (χ0) is 12.2. The van der Waals surface area contributed by atoms with E-state index in [2.05, 4.69) is 11.7 Å². The maximum absolute atomic E-state index is 12.1. The van der Waals surface area contributed by atoms with E-state index < -0.39 is 6.36 Å². The first-order chi connectivity index (χ1) is 7.44. The lowest BCUT2D eigenvalue weighted by atomic mass is 10.2. The summed E-state index contributed by atoms with van der Waals surface area (Å²) in [7, 11) is 0. The van der Waals surface area contributed by atoms with Gasteiger partial charge in [0.1, 0.15) is 0 Å². The van der Waals surface area contributed by atoms with Crippen molar-refractivity contribution in [2.75, 3.05) is 6.61 Å². The van der Waals surface area contributed by atoms with Crippen molar-refractivity contribution in [3.8, 4) is 11.5 Å². The lowest BCUT2D eigenvalue weighted by Gasteiger charge is -2.15. The highest BCUT2D eigenvalue weighted by Crippen LogP contribution is 2.35. The van der Waals surface area contributed by atoms with Gasteiger partial charge in [-0.3, -0.25) is 0 Å². The molecule has 0 spiro atoms. The van der Waals surface area contributed by atoms with Crippen LogP contribution >= 0.6 is 0 Å². The molecule has 5 heteroatoms. The topological polar surface area (TPSA) is 18.5 Å². The summed E-state index contributed by atoms with van der Waals surface area (Å²) in [6.07, 6.45) is -4.04. The van der Waals surface area contributed by atoms with Gasteiger partial charge in [0, 0.05) is 0 Å². The number of ether oxygens (including phenoxy) is 2. The van der Waals surface area contributed by atoms with Gasteiger partial charge in [0.15, 0.2) is 11.5 Å². The van der Waals surface area contributed by atoms with Gasteiger partial charge in [-0.05, 0) is 25.0 Å². The van der Waals surface area contributed by atoms with E-state index in [1.807, 2.05) is 6.92 Å². The van der Waals surface area contributed by atoms with Crippen molar-refractivity contribution in [1.29, 1.82) is 0 Å². The van der Waals surface area contributed by atoms with Crippen LogP contribution in [0.5, 0.6) is 11.5 Å². The maximum atomic E-state index is 12.1. The molecule has 0 fully saturated rings. The Labute approximate surface area is 92.0 Å². The average Bonchev–Trinajstić information content (AvgIpc) is 2.17. The van der Waals surface area contributed by atoms with E-state index in [1.165, 1.54) is 12.1 Å². The minimum absolute atomic E-state index is 0.0617. The number of para-hydroxylation sites is 1. The molecule has 0 saturated heterocycles. The zero-order valence-electron chi connectivity index (χ0n) is 8.80. The summed E-state index contributed by atoms with van der Waals surface area (Å²) in [5, 5.41) is 0.